The zero-order chi connectivity index (χ0) is 25.0. The molecule has 188 valence electrons. The summed E-state index contributed by atoms with van der Waals surface area (Å²) in [6.45, 7) is 6.59. The van der Waals surface area contributed by atoms with Crippen LogP contribution in [0.15, 0.2) is 42.5 Å². The van der Waals surface area contributed by atoms with E-state index < -0.39 is 13.2 Å². The minimum atomic E-state index is -3.78. The Bertz CT molecular complexity index is 991. The number of anilines is 1. The molecule has 5 atom stereocenters. The lowest BCUT2D eigenvalue weighted by atomic mass is 9.75. The molecule has 0 amide bonds. The zero-order valence-corrected chi connectivity index (χ0v) is 22.4. The van der Waals surface area contributed by atoms with Gasteiger partial charge < -0.3 is 24.0 Å². The number of hydrogen-bond donors (Lipinski definition) is 1. The molecule has 1 N–H and O–H groups in total. The van der Waals surface area contributed by atoms with Gasteiger partial charge in [0.05, 0.1) is 20.3 Å². The van der Waals surface area contributed by atoms with E-state index in [0.717, 1.165) is 24.9 Å². The first-order valence-electron chi connectivity index (χ1n) is 12.1. The molecule has 1 saturated carbocycles. The molecule has 1 aliphatic carbocycles. The standard InChI is InChI=1S/C27H40NO5P/c1-18(2)23-14-8-19(3)16-26(23)33-34(30,22-12-9-20(10-13-22)28(4)5)27(29)24-17-21(31-6)11-15-25(24)32-7/h9-13,15,17-19,23,26-27,29H,8,14,16H2,1-7H3. The van der Waals surface area contributed by atoms with E-state index in [1.807, 2.05) is 43.3 Å². The van der Waals surface area contributed by atoms with Gasteiger partial charge in [-0.05, 0) is 73.1 Å². The number of ether oxygens (including phenoxy) is 2. The fraction of sp³-hybridized carbons (Fsp3) is 0.556. The van der Waals surface area contributed by atoms with Crippen LogP contribution in [-0.4, -0.2) is 39.5 Å². The van der Waals surface area contributed by atoms with E-state index in [4.69, 9.17) is 14.0 Å². The van der Waals surface area contributed by atoms with Crippen molar-refractivity contribution in [2.24, 2.45) is 17.8 Å². The number of aliphatic hydroxyl groups is 1. The average molecular weight is 490 g/mol. The Morgan fingerprint density at radius 1 is 1.03 bits per heavy atom. The van der Waals surface area contributed by atoms with Gasteiger partial charge in [0.25, 0.3) is 7.37 Å². The number of aliphatic hydroxyl groups excluding tert-OH is 1. The second kappa shape index (κ2) is 11.2. The topological polar surface area (TPSA) is 68.2 Å². The predicted octanol–water partition coefficient (Wildman–Crippen LogP) is 5.84. The molecular formula is C27H40NO5P. The quantitative estimate of drug-likeness (QED) is 0.446. The maximum absolute atomic E-state index is 14.8. The van der Waals surface area contributed by atoms with Crippen LogP contribution in [0.3, 0.4) is 0 Å². The number of benzene rings is 2. The van der Waals surface area contributed by atoms with Crippen molar-refractivity contribution in [2.45, 2.75) is 52.0 Å². The first kappa shape index (κ1) is 26.6. The lowest BCUT2D eigenvalue weighted by Gasteiger charge is -2.40. The Morgan fingerprint density at radius 2 is 1.71 bits per heavy atom. The van der Waals surface area contributed by atoms with Crippen molar-refractivity contribution in [2.75, 3.05) is 33.2 Å². The van der Waals surface area contributed by atoms with Crippen LogP contribution in [0.2, 0.25) is 0 Å². The second-order valence-electron chi connectivity index (χ2n) is 9.96. The fourth-order valence-electron chi connectivity index (χ4n) is 4.88. The van der Waals surface area contributed by atoms with Gasteiger partial charge >= 0.3 is 0 Å². The monoisotopic (exact) mass is 489 g/mol. The van der Waals surface area contributed by atoms with Crippen molar-refractivity contribution in [3.63, 3.8) is 0 Å². The number of rotatable bonds is 9. The highest BCUT2D eigenvalue weighted by molar-refractivity contribution is 7.67. The van der Waals surface area contributed by atoms with Gasteiger partial charge in [0.2, 0.25) is 0 Å². The minimum Gasteiger partial charge on any atom is -0.497 e. The van der Waals surface area contributed by atoms with Crippen molar-refractivity contribution < 1.29 is 23.7 Å². The van der Waals surface area contributed by atoms with E-state index in [9.17, 15) is 9.67 Å². The Labute approximate surface area is 204 Å². The van der Waals surface area contributed by atoms with Crippen molar-refractivity contribution >= 4 is 18.4 Å². The average Bonchev–Trinajstić information content (AvgIpc) is 2.82. The lowest BCUT2D eigenvalue weighted by molar-refractivity contribution is 0.0425. The highest BCUT2D eigenvalue weighted by atomic mass is 31.2. The molecule has 6 nitrogen and oxygen atoms in total. The summed E-state index contributed by atoms with van der Waals surface area (Å²) < 4.78 is 32.3. The highest BCUT2D eigenvalue weighted by Gasteiger charge is 2.43. The molecule has 0 heterocycles. The third-order valence-corrected chi connectivity index (χ3v) is 9.54. The number of nitrogens with zero attached hydrogens (tertiary/aromatic N) is 1. The highest BCUT2D eigenvalue weighted by Crippen LogP contribution is 2.61. The Balaban J connectivity index is 2.11. The van der Waals surface area contributed by atoms with Crippen LogP contribution in [-0.2, 0) is 9.09 Å². The van der Waals surface area contributed by atoms with E-state index in [1.165, 1.54) is 7.11 Å². The molecule has 0 aromatic heterocycles. The van der Waals surface area contributed by atoms with E-state index in [2.05, 4.69) is 20.8 Å². The molecule has 0 radical (unpaired) electrons. The second-order valence-corrected chi connectivity index (χ2v) is 12.4. The van der Waals surface area contributed by atoms with Crippen LogP contribution in [0.25, 0.3) is 0 Å². The largest absolute Gasteiger partial charge is 0.497 e. The van der Waals surface area contributed by atoms with Crippen LogP contribution < -0.4 is 19.7 Å². The van der Waals surface area contributed by atoms with Gasteiger partial charge in [-0.2, -0.15) is 0 Å². The molecule has 3 rings (SSSR count). The van der Waals surface area contributed by atoms with E-state index in [0.29, 0.717) is 34.2 Å². The van der Waals surface area contributed by atoms with Gasteiger partial charge in [-0.25, -0.2) is 0 Å². The van der Waals surface area contributed by atoms with E-state index in [1.54, 1.807) is 25.3 Å². The van der Waals surface area contributed by atoms with Crippen LogP contribution in [0, 0.1) is 17.8 Å². The summed E-state index contributed by atoms with van der Waals surface area (Å²) in [7, 11) is 3.23. The van der Waals surface area contributed by atoms with Crippen molar-refractivity contribution in [3.05, 3.63) is 48.0 Å². The molecule has 2 aromatic rings. The maximum Gasteiger partial charge on any atom is 0.264 e. The SMILES string of the molecule is COc1ccc(OC)c(C(O)P(=O)(OC2CC(C)CCC2C(C)C)c2ccc(N(C)C)cc2)c1. The Morgan fingerprint density at radius 3 is 2.26 bits per heavy atom. The molecule has 7 heteroatoms. The smallest absolute Gasteiger partial charge is 0.264 e. The third kappa shape index (κ3) is 5.62. The molecule has 0 aliphatic heterocycles. The summed E-state index contributed by atoms with van der Waals surface area (Å²) in [6, 6.07) is 12.6. The molecular weight excluding hydrogens is 449 g/mol. The molecule has 5 unspecified atom stereocenters. The van der Waals surface area contributed by atoms with Gasteiger partial charge in [0, 0.05) is 30.7 Å². The van der Waals surface area contributed by atoms with Crippen molar-refractivity contribution in [1.82, 2.24) is 0 Å². The van der Waals surface area contributed by atoms with Crippen LogP contribution in [0.1, 0.15) is 51.4 Å². The third-order valence-electron chi connectivity index (χ3n) is 7.02. The van der Waals surface area contributed by atoms with Gasteiger partial charge in [-0.3, -0.25) is 4.57 Å². The zero-order valence-electron chi connectivity index (χ0n) is 21.5. The fourth-order valence-corrected chi connectivity index (χ4v) is 7.18. The molecule has 0 spiro atoms. The maximum atomic E-state index is 14.8. The van der Waals surface area contributed by atoms with Crippen molar-refractivity contribution in [3.8, 4) is 11.5 Å². The summed E-state index contributed by atoms with van der Waals surface area (Å²) in [5.41, 5.74) is 1.38. The van der Waals surface area contributed by atoms with Crippen molar-refractivity contribution in [1.29, 1.82) is 0 Å². The van der Waals surface area contributed by atoms with E-state index in [-0.39, 0.29) is 12.0 Å². The molecule has 1 aliphatic rings. The van der Waals surface area contributed by atoms with Gasteiger partial charge in [0.15, 0.2) is 5.85 Å². The molecule has 1 fully saturated rings. The summed E-state index contributed by atoms with van der Waals surface area (Å²) in [4.78, 5) is 1.98. The van der Waals surface area contributed by atoms with Gasteiger partial charge in [-0.1, -0.05) is 27.2 Å². The summed E-state index contributed by atoms with van der Waals surface area (Å²) in [6.07, 6.45) is 2.79. The normalized spacial score (nSPS) is 23.3. The predicted molar refractivity (Wildman–Crippen MR) is 139 cm³/mol. The summed E-state index contributed by atoms with van der Waals surface area (Å²) in [5, 5.41) is 12.2. The molecule has 0 bridgehead atoms. The van der Waals surface area contributed by atoms with Crippen LogP contribution in [0.5, 0.6) is 11.5 Å². The summed E-state index contributed by atoms with van der Waals surface area (Å²) in [5.74, 6) is 0.756. The Kier molecular flexibility index (Phi) is 8.72. The van der Waals surface area contributed by atoms with Gasteiger partial charge in [-0.15, -0.1) is 0 Å². The first-order valence-corrected chi connectivity index (χ1v) is 13.8. The van der Waals surface area contributed by atoms with E-state index >= 15 is 0 Å². The molecule has 0 saturated heterocycles. The van der Waals surface area contributed by atoms with Crippen LogP contribution in [0.4, 0.5) is 5.69 Å². The van der Waals surface area contributed by atoms with Gasteiger partial charge in [0.1, 0.15) is 11.5 Å². The number of methoxy groups -OCH3 is 2. The lowest BCUT2D eigenvalue weighted by Crippen LogP contribution is -2.35. The van der Waals surface area contributed by atoms with Crippen LogP contribution >= 0.6 is 7.37 Å². The first-order chi connectivity index (χ1) is 16.1. The minimum absolute atomic E-state index is 0.200. The molecule has 34 heavy (non-hydrogen) atoms. The Hall–Kier alpha value is -2.01. The molecule has 2 aromatic carbocycles. The number of hydrogen-bond acceptors (Lipinski definition) is 6. The summed E-state index contributed by atoms with van der Waals surface area (Å²) >= 11 is 0.